The van der Waals surface area contributed by atoms with Crippen LogP contribution in [0.25, 0.3) is 0 Å². The summed E-state index contributed by atoms with van der Waals surface area (Å²) in [7, 11) is 0. The highest BCUT2D eigenvalue weighted by molar-refractivity contribution is 6.02. The molecule has 2 aliphatic rings. The Morgan fingerprint density at radius 2 is 2.06 bits per heavy atom. The molecule has 2 atom stereocenters. The van der Waals surface area contributed by atoms with Crippen LogP contribution in [0.3, 0.4) is 0 Å². The van der Waals surface area contributed by atoms with Crippen molar-refractivity contribution in [2.45, 2.75) is 30.7 Å². The second-order valence-corrected chi connectivity index (χ2v) is 7.51. The lowest BCUT2D eigenvalue weighted by molar-refractivity contribution is -0.243. The molecule has 1 aliphatic carbocycles. The fourth-order valence-electron chi connectivity index (χ4n) is 3.88. The van der Waals surface area contributed by atoms with Crippen molar-refractivity contribution in [2.75, 3.05) is 11.9 Å². The number of rotatable bonds is 4. The van der Waals surface area contributed by atoms with Crippen molar-refractivity contribution in [2.24, 2.45) is 16.6 Å². The van der Waals surface area contributed by atoms with Crippen LogP contribution in [0.15, 0.2) is 47.6 Å². The van der Waals surface area contributed by atoms with E-state index in [1.54, 1.807) is 12.1 Å². The van der Waals surface area contributed by atoms with E-state index in [1.165, 1.54) is 30.5 Å². The second-order valence-electron chi connectivity index (χ2n) is 7.51. The van der Waals surface area contributed by atoms with Gasteiger partial charge in [0.05, 0.1) is 5.56 Å². The van der Waals surface area contributed by atoms with E-state index in [1.807, 2.05) is 6.07 Å². The van der Waals surface area contributed by atoms with Crippen molar-refractivity contribution in [1.29, 1.82) is 5.26 Å². The number of nitrogens with two attached hydrogens (primary N) is 1. The Morgan fingerprint density at radius 3 is 2.68 bits per heavy atom. The van der Waals surface area contributed by atoms with Gasteiger partial charge in [-0.05, 0) is 48.6 Å². The number of hydrogen-bond donors (Lipinski definition) is 2. The van der Waals surface area contributed by atoms with Crippen molar-refractivity contribution < 1.29 is 22.7 Å². The number of ether oxygens (including phenoxy) is 1. The number of nitrogens with zero attached hydrogens (tertiary/aromatic N) is 3. The molecule has 1 aromatic heterocycles. The topological polar surface area (TPSA) is 113 Å². The van der Waals surface area contributed by atoms with Crippen LogP contribution in [-0.2, 0) is 10.3 Å². The normalized spacial score (nSPS) is 23.5. The highest BCUT2D eigenvalue weighted by Gasteiger charge is 2.63. The third-order valence-corrected chi connectivity index (χ3v) is 5.33. The molecule has 2 heterocycles. The average Bonchev–Trinajstić information content (AvgIpc) is 3.58. The maximum absolute atomic E-state index is 13.9. The van der Waals surface area contributed by atoms with Gasteiger partial charge < -0.3 is 15.8 Å². The molecule has 1 aliphatic heterocycles. The van der Waals surface area contributed by atoms with Crippen LogP contribution in [0.4, 0.5) is 18.9 Å². The van der Waals surface area contributed by atoms with E-state index in [9.17, 15) is 18.0 Å². The molecule has 0 unspecified atom stereocenters. The molecule has 0 saturated heterocycles. The van der Waals surface area contributed by atoms with Crippen LogP contribution >= 0.6 is 0 Å². The monoisotopic (exact) mass is 429 g/mol. The van der Waals surface area contributed by atoms with E-state index < -0.39 is 23.7 Å². The maximum atomic E-state index is 13.9. The standard InChI is InChI=1S/C21H18F3N5O2/c22-21(23,24)19-20(13-5-6-13,29-17(26)11-31-19)14-2-1-3-15(8-14)28-18(30)16-7-4-12(9-25)10-27-16/h1-4,7-8,10,13,19H,5-6,11H2,(H2,26,29)(H,28,30)/t19-,20-/m1/s1. The van der Waals surface area contributed by atoms with Crippen LogP contribution in [0.5, 0.6) is 0 Å². The molecule has 1 saturated carbocycles. The number of halogens is 3. The Morgan fingerprint density at radius 1 is 1.29 bits per heavy atom. The van der Waals surface area contributed by atoms with Crippen LogP contribution in [0, 0.1) is 17.2 Å². The minimum Gasteiger partial charge on any atom is -0.386 e. The summed E-state index contributed by atoms with van der Waals surface area (Å²) in [5, 5.41) is 11.5. The first kappa shape index (κ1) is 20.8. The van der Waals surface area contributed by atoms with E-state index in [2.05, 4.69) is 15.3 Å². The van der Waals surface area contributed by atoms with Gasteiger partial charge in [0.25, 0.3) is 5.91 Å². The molecule has 0 bridgehead atoms. The Bertz CT molecular complexity index is 1070. The smallest absolute Gasteiger partial charge is 0.386 e. The Hall–Kier alpha value is -3.45. The SMILES string of the molecule is N#Cc1ccc(C(=O)Nc2cccc([C@@]3(C4CC4)N=C(N)CO[C@H]3C(F)(F)F)c2)nc1. The summed E-state index contributed by atoms with van der Waals surface area (Å²) >= 11 is 0. The number of alkyl halides is 3. The lowest BCUT2D eigenvalue weighted by atomic mass is 9.79. The van der Waals surface area contributed by atoms with Crippen LogP contribution in [0.1, 0.15) is 34.5 Å². The predicted molar refractivity (Wildman–Crippen MR) is 105 cm³/mol. The zero-order valence-electron chi connectivity index (χ0n) is 16.2. The number of anilines is 1. The zero-order chi connectivity index (χ0) is 22.2. The van der Waals surface area contributed by atoms with E-state index >= 15 is 0 Å². The molecule has 31 heavy (non-hydrogen) atoms. The van der Waals surface area contributed by atoms with Gasteiger partial charge >= 0.3 is 6.18 Å². The summed E-state index contributed by atoms with van der Waals surface area (Å²) in [6.07, 6.45) is -4.38. The van der Waals surface area contributed by atoms with Gasteiger partial charge in [-0.2, -0.15) is 18.4 Å². The summed E-state index contributed by atoms with van der Waals surface area (Å²) in [6.45, 7) is -0.389. The molecule has 1 fully saturated rings. The van der Waals surface area contributed by atoms with Crippen molar-refractivity contribution in [1.82, 2.24) is 4.98 Å². The molecule has 7 nitrogen and oxygen atoms in total. The summed E-state index contributed by atoms with van der Waals surface area (Å²) in [6, 6.07) is 10.9. The molecule has 0 spiro atoms. The van der Waals surface area contributed by atoms with Gasteiger partial charge in [0.1, 0.15) is 29.7 Å². The predicted octanol–water partition coefficient (Wildman–Crippen LogP) is 3.13. The molecular formula is C21H18F3N5O2. The molecule has 10 heteroatoms. The number of amides is 1. The van der Waals surface area contributed by atoms with Crippen molar-refractivity contribution in [3.63, 3.8) is 0 Å². The third-order valence-electron chi connectivity index (χ3n) is 5.33. The Labute approximate surface area is 175 Å². The maximum Gasteiger partial charge on any atom is 0.417 e. The number of benzene rings is 1. The minimum atomic E-state index is -4.64. The van der Waals surface area contributed by atoms with Gasteiger partial charge in [0, 0.05) is 11.9 Å². The first-order valence-electron chi connectivity index (χ1n) is 9.54. The average molecular weight is 429 g/mol. The first-order chi connectivity index (χ1) is 14.7. The van der Waals surface area contributed by atoms with Crippen LogP contribution in [-0.4, -0.2) is 35.6 Å². The summed E-state index contributed by atoms with van der Waals surface area (Å²) in [4.78, 5) is 20.7. The fourth-order valence-corrected chi connectivity index (χ4v) is 3.88. The van der Waals surface area contributed by atoms with Crippen LogP contribution in [0.2, 0.25) is 0 Å². The number of aromatic nitrogens is 1. The second kappa shape index (κ2) is 7.67. The molecule has 160 valence electrons. The molecule has 2 aromatic rings. The van der Waals surface area contributed by atoms with Gasteiger partial charge in [-0.25, -0.2) is 4.98 Å². The van der Waals surface area contributed by atoms with Gasteiger partial charge in [0.15, 0.2) is 6.10 Å². The number of nitriles is 1. The highest BCUT2D eigenvalue weighted by Crippen LogP contribution is 2.55. The van der Waals surface area contributed by atoms with E-state index in [-0.39, 0.29) is 35.3 Å². The highest BCUT2D eigenvalue weighted by atomic mass is 19.4. The lowest BCUT2D eigenvalue weighted by Crippen LogP contribution is -2.55. The zero-order valence-corrected chi connectivity index (χ0v) is 16.2. The number of carbonyl (C=O) groups excluding carboxylic acids is 1. The third kappa shape index (κ3) is 3.96. The van der Waals surface area contributed by atoms with E-state index in [0.29, 0.717) is 18.4 Å². The Balaban J connectivity index is 1.69. The van der Waals surface area contributed by atoms with Gasteiger partial charge in [-0.15, -0.1) is 0 Å². The number of amidine groups is 1. The van der Waals surface area contributed by atoms with Gasteiger partial charge in [-0.1, -0.05) is 12.1 Å². The fraction of sp³-hybridized carbons (Fsp3) is 0.333. The summed E-state index contributed by atoms with van der Waals surface area (Å²) < 4.78 is 46.8. The van der Waals surface area contributed by atoms with Gasteiger partial charge in [0.2, 0.25) is 0 Å². The molecule has 1 amide bonds. The minimum absolute atomic E-state index is 0.00335. The number of pyridine rings is 1. The van der Waals surface area contributed by atoms with Crippen molar-refractivity contribution >= 4 is 17.4 Å². The number of nitrogens with one attached hydrogen (secondary N) is 1. The van der Waals surface area contributed by atoms with E-state index in [0.717, 1.165) is 0 Å². The quantitative estimate of drug-likeness (QED) is 0.775. The number of carbonyl (C=O) groups is 1. The summed E-state index contributed by atoms with van der Waals surface area (Å²) in [5.74, 6) is -0.926. The molecule has 0 radical (unpaired) electrons. The lowest BCUT2D eigenvalue weighted by Gasteiger charge is -2.42. The first-order valence-corrected chi connectivity index (χ1v) is 9.54. The van der Waals surface area contributed by atoms with Crippen LogP contribution < -0.4 is 11.1 Å². The number of hydrogen-bond acceptors (Lipinski definition) is 6. The Kier molecular flexibility index (Phi) is 5.15. The van der Waals surface area contributed by atoms with E-state index in [4.69, 9.17) is 15.7 Å². The van der Waals surface area contributed by atoms with Crippen molar-refractivity contribution in [3.8, 4) is 6.07 Å². The molecular weight excluding hydrogens is 411 g/mol. The summed E-state index contributed by atoms with van der Waals surface area (Å²) in [5.41, 5.74) is 5.02. The van der Waals surface area contributed by atoms with Crippen molar-refractivity contribution in [3.05, 3.63) is 59.4 Å². The van der Waals surface area contributed by atoms with Gasteiger partial charge in [-0.3, -0.25) is 9.79 Å². The molecule has 1 aromatic carbocycles. The number of aliphatic imine (C=N–C) groups is 1. The molecule has 3 N–H and O–H groups in total. The largest absolute Gasteiger partial charge is 0.417 e. The molecule has 4 rings (SSSR count).